The van der Waals surface area contributed by atoms with Crippen molar-refractivity contribution in [3.63, 3.8) is 0 Å². The lowest BCUT2D eigenvalue weighted by molar-refractivity contribution is 0.326. The van der Waals surface area contributed by atoms with E-state index in [1.165, 1.54) is 44.9 Å². The molecule has 0 aromatic heterocycles. The van der Waals surface area contributed by atoms with Gasteiger partial charge in [-0.3, -0.25) is 0 Å². The molecule has 3 rings (SSSR count). The van der Waals surface area contributed by atoms with Crippen LogP contribution >= 0.6 is 0 Å². The van der Waals surface area contributed by atoms with Gasteiger partial charge in [0.05, 0.1) is 0 Å². The zero-order valence-electron chi connectivity index (χ0n) is 9.18. The third-order valence-electron chi connectivity index (χ3n) is 4.47. The van der Waals surface area contributed by atoms with Crippen LogP contribution in [0.5, 0.6) is 0 Å². The van der Waals surface area contributed by atoms with Crippen LogP contribution in [0.25, 0.3) is 0 Å². The molecule has 3 atom stereocenters. The van der Waals surface area contributed by atoms with E-state index in [1.807, 2.05) is 5.57 Å². The molecule has 14 heavy (non-hydrogen) atoms. The second kappa shape index (κ2) is 3.29. The largest absolute Gasteiger partial charge is 0.385 e. The van der Waals surface area contributed by atoms with Gasteiger partial charge in [-0.15, -0.1) is 0 Å². The summed E-state index contributed by atoms with van der Waals surface area (Å²) in [4.78, 5) is 0. The minimum absolute atomic E-state index is 0.828. The maximum Gasteiger partial charge on any atom is 0.0324 e. The smallest absolute Gasteiger partial charge is 0.0324 e. The Morgan fingerprint density at radius 1 is 1.07 bits per heavy atom. The monoisotopic (exact) mass is 191 g/mol. The van der Waals surface area contributed by atoms with Crippen molar-refractivity contribution in [3.8, 4) is 0 Å². The van der Waals surface area contributed by atoms with Gasteiger partial charge in [-0.05, 0) is 43.6 Å². The summed E-state index contributed by atoms with van der Waals surface area (Å²) >= 11 is 0. The standard InChI is InChI=1S/C13H21N/c1-9-5-4-8-12-13(9)10-6-2-3-7-11(10)14-12/h9-11,14H,2-8H2,1H3. The maximum atomic E-state index is 3.80. The molecule has 0 radical (unpaired) electrons. The van der Waals surface area contributed by atoms with Crippen molar-refractivity contribution < 1.29 is 0 Å². The molecule has 1 heterocycles. The molecule has 1 saturated carbocycles. The van der Waals surface area contributed by atoms with Gasteiger partial charge in [0.1, 0.15) is 0 Å². The summed E-state index contributed by atoms with van der Waals surface area (Å²) < 4.78 is 0. The van der Waals surface area contributed by atoms with E-state index in [2.05, 4.69) is 12.2 Å². The molecule has 3 unspecified atom stereocenters. The first-order chi connectivity index (χ1) is 6.86. The molecule has 1 aliphatic heterocycles. The molecule has 0 aromatic rings. The molecule has 1 fully saturated rings. The van der Waals surface area contributed by atoms with Gasteiger partial charge >= 0.3 is 0 Å². The lowest BCUT2D eigenvalue weighted by Crippen LogP contribution is -2.31. The average molecular weight is 191 g/mol. The predicted octanol–water partition coefficient (Wildman–Crippen LogP) is 3.22. The van der Waals surface area contributed by atoms with Crippen LogP contribution in [-0.4, -0.2) is 6.04 Å². The van der Waals surface area contributed by atoms with Crippen molar-refractivity contribution in [2.24, 2.45) is 11.8 Å². The van der Waals surface area contributed by atoms with Crippen LogP contribution in [0.15, 0.2) is 11.3 Å². The van der Waals surface area contributed by atoms with E-state index in [0.717, 1.165) is 17.9 Å². The van der Waals surface area contributed by atoms with Gasteiger partial charge in [0.25, 0.3) is 0 Å². The first-order valence-corrected chi connectivity index (χ1v) is 6.36. The van der Waals surface area contributed by atoms with Gasteiger partial charge in [-0.2, -0.15) is 0 Å². The fraction of sp³-hybridized carbons (Fsp3) is 0.846. The lowest BCUT2D eigenvalue weighted by atomic mass is 9.75. The Bertz CT molecular complexity index is 266. The molecule has 1 N–H and O–H groups in total. The summed E-state index contributed by atoms with van der Waals surface area (Å²) in [5, 5.41) is 3.80. The minimum atomic E-state index is 0.828. The topological polar surface area (TPSA) is 12.0 Å². The number of nitrogens with one attached hydrogen (secondary N) is 1. The maximum absolute atomic E-state index is 3.80. The van der Waals surface area contributed by atoms with Crippen LogP contribution in [0.2, 0.25) is 0 Å². The average Bonchev–Trinajstić information content (AvgIpc) is 2.57. The third-order valence-corrected chi connectivity index (χ3v) is 4.47. The first kappa shape index (κ1) is 8.82. The summed E-state index contributed by atoms with van der Waals surface area (Å²) in [6, 6.07) is 0.828. The highest BCUT2D eigenvalue weighted by molar-refractivity contribution is 5.29. The summed E-state index contributed by atoms with van der Waals surface area (Å²) in [7, 11) is 0. The fourth-order valence-electron chi connectivity index (χ4n) is 3.83. The molecule has 0 aromatic carbocycles. The van der Waals surface area contributed by atoms with Gasteiger partial charge in [0.2, 0.25) is 0 Å². The molecule has 2 aliphatic carbocycles. The van der Waals surface area contributed by atoms with E-state index in [1.54, 1.807) is 5.70 Å². The molecule has 1 heteroatoms. The van der Waals surface area contributed by atoms with Gasteiger partial charge in [0.15, 0.2) is 0 Å². The van der Waals surface area contributed by atoms with Gasteiger partial charge in [-0.1, -0.05) is 19.8 Å². The lowest BCUT2D eigenvalue weighted by Gasteiger charge is -2.29. The van der Waals surface area contributed by atoms with Gasteiger partial charge in [-0.25, -0.2) is 0 Å². The summed E-state index contributed by atoms with van der Waals surface area (Å²) in [5.41, 5.74) is 3.49. The zero-order valence-corrected chi connectivity index (χ0v) is 9.18. The Hall–Kier alpha value is -0.460. The molecule has 1 nitrogen and oxygen atoms in total. The Kier molecular flexibility index (Phi) is 2.07. The molecule has 3 aliphatic rings. The summed E-state index contributed by atoms with van der Waals surface area (Å²) in [5.74, 6) is 1.80. The van der Waals surface area contributed by atoms with Crippen LogP contribution < -0.4 is 5.32 Å². The molecule has 0 spiro atoms. The highest BCUT2D eigenvalue weighted by Crippen LogP contribution is 2.44. The van der Waals surface area contributed by atoms with Gasteiger partial charge < -0.3 is 5.32 Å². The number of hydrogen-bond acceptors (Lipinski definition) is 1. The second-order valence-corrected chi connectivity index (χ2v) is 5.37. The molecule has 0 saturated heterocycles. The molecule has 0 bridgehead atoms. The van der Waals surface area contributed by atoms with Crippen LogP contribution in [0, 0.1) is 11.8 Å². The number of rotatable bonds is 0. The Morgan fingerprint density at radius 2 is 1.93 bits per heavy atom. The molecular formula is C13H21N. The van der Waals surface area contributed by atoms with Crippen molar-refractivity contribution in [1.82, 2.24) is 5.32 Å². The van der Waals surface area contributed by atoms with Crippen LogP contribution in [0.1, 0.15) is 51.9 Å². The predicted molar refractivity (Wildman–Crippen MR) is 58.9 cm³/mol. The zero-order chi connectivity index (χ0) is 9.54. The Balaban J connectivity index is 1.89. The van der Waals surface area contributed by atoms with Crippen molar-refractivity contribution in [3.05, 3.63) is 11.3 Å². The van der Waals surface area contributed by atoms with Crippen molar-refractivity contribution in [2.75, 3.05) is 0 Å². The van der Waals surface area contributed by atoms with E-state index in [4.69, 9.17) is 0 Å². The van der Waals surface area contributed by atoms with E-state index < -0.39 is 0 Å². The normalized spacial score (nSPS) is 41.6. The minimum Gasteiger partial charge on any atom is -0.385 e. The quantitative estimate of drug-likeness (QED) is 0.620. The SMILES string of the molecule is CC1CCCC2=C1C1CCCCC1N2. The van der Waals surface area contributed by atoms with E-state index in [-0.39, 0.29) is 0 Å². The van der Waals surface area contributed by atoms with Crippen molar-refractivity contribution >= 4 is 0 Å². The summed E-state index contributed by atoms with van der Waals surface area (Å²) in [6.45, 7) is 2.44. The van der Waals surface area contributed by atoms with Crippen LogP contribution in [0.3, 0.4) is 0 Å². The fourth-order valence-corrected chi connectivity index (χ4v) is 3.83. The highest BCUT2D eigenvalue weighted by atomic mass is 15.0. The number of hydrogen-bond donors (Lipinski definition) is 1. The van der Waals surface area contributed by atoms with Crippen molar-refractivity contribution in [1.29, 1.82) is 0 Å². The third kappa shape index (κ3) is 1.21. The Morgan fingerprint density at radius 3 is 2.86 bits per heavy atom. The van der Waals surface area contributed by atoms with Crippen molar-refractivity contribution in [2.45, 2.75) is 57.9 Å². The molecular weight excluding hydrogens is 170 g/mol. The van der Waals surface area contributed by atoms with E-state index in [0.29, 0.717) is 0 Å². The number of allylic oxidation sites excluding steroid dienone is 1. The number of fused-ring (bicyclic) bond motifs is 2. The molecule has 78 valence electrons. The second-order valence-electron chi connectivity index (χ2n) is 5.37. The highest BCUT2D eigenvalue weighted by Gasteiger charge is 2.38. The van der Waals surface area contributed by atoms with Crippen LogP contribution in [0.4, 0.5) is 0 Å². The van der Waals surface area contributed by atoms with Crippen LogP contribution in [-0.2, 0) is 0 Å². The first-order valence-electron chi connectivity index (χ1n) is 6.36. The van der Waals surface area contributed by atoms with E-state index >= 15 is 0 Å². The molecule has 0 amide bonds. The Labute approximate surface area is 87.0 Å². The summed E-state index contributed by atoms with van der Waals surface area (Å²) in [6.07, 6.45) is 9.98. The van der Waals surface area contributed by atoms with Gasteiger partial charge in [0, 0.05) is 17.7 Å². The van der Waals surface area contributed by atoms with E-state index in [9.17, 15) is 0 Å².